The van der Waals surface area contributed by atoms with Crippen LogP contribution in [0.4, 0.5) is 0 Å². The van der Waals surface area contributed by atoms with E-state index >= 15 is 0 Å². The quantitative estimate of drug-likeness (QED) is 0.203. The molecule has 1 heterocycles. The summed E-state index contributed by atoms with van der Waals surface area (Å²) >= 11 is 0. The Bertz CT molecular complexity index is 707. The van der Waals surface area contributed by atoms with Crippen molar-refractivity contribution in [3.8, 4) is 0 Å². The van der Waals surface area contributed by atoms with Crippen molar-refractivity contribution in [3.63, 3.8) is 0 Å². The van der Waals surface area contributed by atoms with Crippen molar-refractivity contribution in [2.24, 2.45) is 4.99 Å². The zero-order chi connectivity index (χ0) is 21.2. The van der Waals surface area contributed by atoms with Gasteiger partial charge in [-0.25, -0.2) is 0 Å². The van der Waals surface area contributed by atoms with Gasteiger partial charge in [-0.05, 0) is 49.7 Å². The number of fused-ring (bicyclic) bond motifs is 1. The summed E-state index contributed by atoms with van der Waals surface area (Å²) in [5.41, 5.74) is 2.81. The summed E-state index contributed by atoms with van der Waals surface area (Å²) in [5.74, 6) is 0.931. The van der Waals surface area contributed by atoms with Crippen LogP contribution in [-0.2, 0) is 16.0 Å². The molecule has 0 spiro atoms. The molecule has 1 saturated heterocycles. The molecule has 1 unspecified atom stereocenters. The number of amides is 1. The Morgan fingerprint density at radius 2 is 2.00 bits per heavy atom. The van der Waals surface area contributed by atoms with Crippen LogP contribution in [-0.4, -0.2) is 69.7 Å². The third-order valence-electron chi connectivity index (χ3n) is 6.05. The molecule has 8 heteroatoms. The number of halogens is 1. The Hall–Kier alpha value is -1.39. The molecule has 0 bridgehead atoms. The van der Waals surface area contributed by atoms with Gasteiger partial charge in [0, 0.05) is 46.4 Å². The van der Waals surface area contributed by atoms with Gasteiger partial charge in [0.25, 0.3) is 0 Å². The van der Waals surface area contributed by atoms with Crippen LogP contribution in [0, 0.1) is 0 Å². The number of nitrogens with one attached hydrogen (secondary N) is 3. The molecule has 174 valence electrons. The molecule has 1 aliphatic heterocycles. The number of carbonyl (C=O) groups is 1. The molecular weight excluding hydrogens is 505 g/mol. The lowest BCUT2D eigenvalue weighted by Gasteiger charge is -2.32. The molecule has 1 aromatic rings. The molecule has 1 aromatic carbocycles. The largest absolute Gasteiger partial charge is 0.373 e. The van der Waals surface area contributed by atoms with Gasteiger partial charge in [-0.15, -0.1) is 24.0 Å². The highest BCUT2D eigenvalue weighted by Gasteiger charge is 2.22. The first-order valence-corrected chi connectivity index (χ1v) is 11.3. The summed E-state index contributed by atoms with van der Waals surface area (Å²) in [6.45, 7) is 3.93. The number of likely N-dealkylation sites (tertiary alicyclic amines) is 1. The van der Waals surface area contributed by atoms with E-state index in [9.17, 15) is 4.79 Å². The molecule has 1 amide bonds. The van der Waals surface area contributed by atoms with E-state index in [2.05, 4.69) is 50.1 Å². The van der Waals surface area contributed by atoms with Crippen molar-refractivity contribution in [1.29, 1.82) is 0 Å². The van der Waals surface area contributed by atoms with Crippen molar-refractivity contribution in [1.82, 2.24) is 20.9 Å². The minimum atomic E-state index is 0. The summed E-state index contributed by atoms with van der Waals surface area (Å²) in [6.07, 6.45) is 6.72. The molecule has 3 N–H and O–H groups in total. The van der Waals surface area contributed by atoms with E-state index in [0.29, 0.717) is 12.6 Å². The van der Waals surface area contributed by atoms with Gasteiger partial charge < -0.3 is 20.7 Å². The van der Waals surface area contributed by atoms with Crippen LogP contribution in [0.5, 0.6) is 0 Å². The second-order valence-corrected chi connectivity index (χ2v) is 8.17. The van der Waals surface area contributed by atoms with Gasteiger partial charge in [0.2, 0.25) is 5.91 Å². The van der Waals surface area contributed by atoms with E-state index in [-0.39, 0.29) is 36.0 Å². The van der Waals surface area contributed by atoms with Crippen LogP contribution in [0.25, 0.3) is 0 Å². The number of hydrogen-bond acceptors (Lipinski definition) is 4. The summed E-state index contributed by atoms with van der Waals surface area (Å²) in [6, 6.07) is 9.07. The number of ether oxygens (including phenoxy) is 1. The first kappa shape index (κ1) is 25.9. The summed E-state index contributed by atoms with van der Waals surface area (Å²) < 4.78 is 6.19. The van der Waals surface area contributed by atoms with Gasteiger partial charge in [-0.1, -0.05) is 24.3 Å². The molecule has 1 fully saturated rings. The van der Waals surface area contributed by atoms with Crippen LogP contribution in [0.3, 0.4) is 0 Å². The number of aliphatic imine (C=N–C) groups is 1. The number of carbonyl (C=O) groups excluding carboxylic acids is 1. The van der Waals surface area contributed by atoms with Crippen LogP contribution < -0.4 is 16.0 Å². The zero-order valence-corrected chi connectivity index (χ0v) is 21.2. The van der Waals surface area contributed by atoms with Crippen LogP contribution in [0.2, 0.25) is 0 Å². The van der Waals surface area contributed by atoms with Crippen LogP contribution in [0.15, 0.2) is 29.3 Å². The number of rotatable bonds is 8. The van der Waals surface area contributed by atoms with Gasteiger partial charge in [0.05, 0.1) is 12.6 Å². The molecule has 3 rings (SSSR count). The van der Waals surface area contributed by atoms with Crippen LogP contribution >= 0.6 is 24.0 Å². The fourth-order valence-electron chi connectivity index (χ4n) is 4.29. The minimum absolute atomic E-state index is 0. The van der Waals surface area contributed by atoms with E-state index in [0.717, 1.165) is 57.9 Å². The first-order chi connectivity index (χ1) is 14.7. The van der Waals surface area contributed by atoms with Gasteiger partial charge in [0.15, 0.2) is 5.96 Å². The number of aryl methyl sites for hydroxylation is 1. The van der Waals surface area contributed by atoms with Crippen molar-refractivity contribution in [3.05, 3.63) is 35.4 Å². The summed E-state index contributed by atoms with van der Waals surface area (Å²) in [4.78, 5) is 18.1. The number of likely N-dealkylation sites (N-methyl/N-ethyl adjacent to an activating group) is 1. The third-order valence-corrected chi connectivity index (χ3v) is 6.05. The maximum absolute atomic E-state index is 11.5. The van der Waals surface area contributed by atoms with E-state index in [1.54, 1.807) is 7.05 Å². The molecule has 0 saturated carbocycles. The highest BCUT2D eigenvalue weighted by Crippen LogP contribution is 2.32. The van der Waals surface area contributed by atoms with Crippen LogP contribution in [0.1, 0.15) is 49.3 Å². The number of nitrogens with zero attached hydrogens (tertiary/aromatic N) is 2. The van der Waals surface area contributed by atoms with Crippen molar-refractivity contribution in [2.45, 2.75) is 50.7 Å². The topological polar surface area (TPSA) is 78.0 Å². The maximum atomic E-state index is 11.5. The Morgan fingerprint density at radius 1 is 1.23 bits per heavy atom. The SMILES string of the molecule is CN=C(NCCCOC1CCCc2ccccc21)NC1CCN(CC(=O)NC)CC1.I. The molecule has 31 heavy (non-hydrogen) atoms. The second kappa shape index (κ2) is 13.9. The molecule has 7 nitrogen and oxygen atoms in total. The Labute approximate surface area is 203 Å². The van der Waals surface area contributed by atoms with Gasteiger partial charge in [-0.3, -0.25) is 14.7 Å². The number of guanidine groups is 1. The lowest BCUT2D eigenvalue weighted by Crippen LogP contribution is -2.50. The van der Waals surface area contributed by atoms with Crippen molar-refractivity contribution in [2.75, 3.05) is 46.9 Å². The van der Waals surface area contributed by atoms with Gasteiger partial charge in [-0.2, -0.15) is 0 Å². The zero-order valence-electron chi connectivity index (χ0n) is 18.9. The van der Waals surface area contributed by atoms with Crippen molar-refractivity contribution < 1.29 is 9.53 Å². The summed E-state index contributed by atoms with van der Waals surface area (Å²) in [7, 11) is 3.50. The fraction of sp³-hybridized carbons (Fsp3) is 0.652. The van der Waals surface area contributed by atoms with E-state index in [4.69, 9.17) is 4.74 Å². The standard InChI is InChI=1S/C23H37N5O2.HI/c1-24-22(29)17-28-14-11-19(12-15-28)27-23(25-2)26-13-6-16-30-21-10-5-8-18-7-3-4-9-20(18)21;/h3-4,7,9,19,21H,5-6,8,10-17H2,1-2H3,(H,24,29)(H2,25,26,27);1H. The average Bonchev–Trinajstić information content (AvgIpc) is 2.79. The lowest BCUT2D eigenvalue weighted by atomic mass is 9.89. The Kier molecular flexibility index (Phi) is 11.6. The van der Waals surface area contributed by atoms with Gasteiger partial charge >= 0.3 is 0 Å². The molecule has 1 aliphatic carbocycles. The van der Waals surface area contributed by atoms with E-state index < -0.39 is 0 Å². The number of hydrogen-bond donors (Lipinski definition) is 3. The molecular formula is C23H38IN5O2. The first-order valence-electron chi connectivity index (χ1n) is 11.3. The molecule has 1 atom stereocenters. The Balaban J connectivity index is 0.00000341. The van der Waals surface area contributed by atoms with E-state index in [1.165, 1.54) is 24.0 Å². The normalized spacial score (nSPS) is 19.8. The maximum Gasteiger partial charge on any atom is 0.233 e. The third kappa shape index (κ3) is 8.23. The van der Waals surface area contributed by atoms with Gasteiger partial charge in [0.1, 0.15) is 0 Å². The number of piperidine rings is 1. The predicted octanol–water partition coefficient (Wildman–Crippen LogP) is 2.46. The molecule has 0 radical (unpaired) electrons. The summed E-state index contributed by atoms with van der Waals surface area (Å²) in [5, 5.41) is 9.61. The Morgan fingerprint density at radius 3 is 2.74 bits per heavy atom. The predicted molar refractivity (Wildman–Crippen MR) is 136 cm³/mol. The minimum Gasteiger partial charge on any atom is -0.373 e. The molecule has 2 aliphatic rings. The lowest BCUT2D eigenvalue weighted by molar-refractivity contribution is -0.122. The highest BCUT2D eigenvalue weighted by molar-refractivity contribution is 14.0. The van der Waals surface area contributed by atoms with E-state index in [1.807, 2.05) is 7.05 Å². The second-order valence-electron chi connectivity index (χ2n) is 8.17. The monoisotopic (exact) mass is 543 g/mol. The average molecular weight is 543 g/mol. The highest BCUT2D eigenvalue weighted by atomic mass is 127. The fourth-order valence-corrected chi connectivity index (χ4v) is 4.29. The van der Waals surface area contributed by atoms with Crippen molar-refractivity contribution >= 4 is 35.8 Å². The number of benzene rings is 1. The molecule has 0 aromatic heterocycles. The smallest absolute Gasteiger partial charge is 0.233 e.